The Morgan fingerprint density at radius 2 is 1.86 bits per heavy atom. The van der Waals surface area contributed by atoms with Crippen LogP contribution in [0.15, 0.2) is 42.5 Å². The Labute approximate surface area is 123 Å². The van der Waals surface area contributed by atoms with Crippen LogP contribution in [0.25, 0.3) is 0 Å². The number of halogens is 1. The molecular formula is C17H18FNO2. The predicted molar refractivity (Wildman–Crippen MR) is 81.0 cm³/mol. The number of anilines is 1. The fourth-order valence-corrected chi connectivity index (χ4v) is 2.13. The summed E-state index contributed by atoms with van der Waals surface area (Å²) < 4.78 is 17.8. The van der Waals surface area contributed by atoms with Crippen LogP contribution in [0.5, 0.6) is 0 Å². The lowest BCUT2D eigenvalue weighted by Gasteiger charge is -2.18. The van der Waals surface area contributed by atoms with Crippen LogP contribution in [0.1, 0.15) is 34.5 Å². The molecule has 2 aromatic rings. The third-order valence-corrected chi connectivity index (χ3v) is 3.32. The number of ether oxygens (including phenoxy) is 1. The second-order valence-electron chi connectivity index (χ2n) is 4.96. The molecule has 0 saturated carbocycles. The molecule has 21 heavy (non-hydrogen) atoms. The molecule has 0 radical (unpaired) electrons. The third kappa shape index (κ3) is 3.60. The van der Waals surface area contributed by atoms with E-state index in [2.05, 4.69) is 5.32 Å². The standard InChI is InChI=1S/C17H18FNO2/c1-11-4-9-16(15(10-11)17(20)21-3)19-12(2)13-5-7-14(18)8-6-13/h4-10,12,19H,1-3H3. The molecule has 0 amide bonds. The molecule has 0 saturated heterocycles. The van der Waals surface area contributed by atoms with Crippen molar-refractivity contribution in [1.29, 1.82) is 0 Å². The molecule has 1 atom stereocenters. The van der Waals surface area contributed by atoms with Crippen molar-refractivity contribution in [3.8, 4) is 0 Å². The van der Waals surface area contributed by atoms with Crippen LogP contribution in [0.4, 0.5) is 10.1 Å². The van der Waals surface area contributed by atoms with Gasteiger partial charge in [-0.25, -0.2) is 9.18 Å². The van der Waals surface area contributed by atoms with E-state index in [4.69, 9.17) is 4.74 Å². The van der Waals surface area contributed by atoms with Crippen molar-refractivity contribution >= 4 is 11.7 Å². The van der Waals surface area contributed by atoms with Gasteiger partial charge in [-0.3, -0.25) is 0 Å². The highest BCUT2D eigenvalue weighted by Crippen LogP contribution is 2.24. The van der Waals surface area contributed by atoms with Crippen molar-refractivity contribution in [2.24, 2.45) is 0 Å². The molecule has 0 fully saturated rings. The molecular weight excluding hydrogens is 269 g/mol. The molecule has 0 bridgehead atoms. The first-order valence-corrected chi connectivity index (χ1v) is 6.72. The van der Waals surface area contributed by atoms with Gasteiger partial charge in [0.2, 0.25) is 0 Å². The van der Waals surface area contributed by atoms with E-state index in [0.717, 1.165) is 11.1 Å². The van der Waals surface area contributed by atoms with Crippen LogP contribution in [0, 0.1) is 12.7 Å². The van der Waals surface area contributed by atoms with Crippen molar-refractivity contribution in [3.63, 3.8) is 0 Å². The van der Waals surface area contributed by atoms with E-state index in [1.165, 1.54) is 19.2 Å². The monoisotopic (exact) mass is 287 g/mol. The number of methoxy groups -OCH3 is 1. The van der Waals surface area contributed by atoms with Crippen LogP contribution in [0.3, 0.4) is 0 Å². The van der Waals surface area contributed by atoms with Crippen LogP contribution in [-0.4, -0.2) is 13.1 Å². The van der Waals surface area contributed by atoms with E-state index in [9.17, 15) is 9.18 Å². The first-order valence-electron chi connectivity index (χ1n) is 6.72. The lowest BCUT2D eigenvalue weighted by molar-refractivity contribution is 0.0601. The van der Waals surface area contributed by atoms with E-state index < -0.39 is 0 Å². The Bertz CT molecular complexity index is 638. The van der Waals surface area contributed by atoms with Gasteiger partial charge in [-0.1, -0.05) is 23.8 Å². The maximum absolute atomic E-state index is 13.0. The van der Waals surface area contributed by atoms with Gasteiger partial charge in [-0.2, -0.15) is 0 Å². The molecule has 4 heteroatoms. The molecule has 0 aliphatic heterocycles. The number of rotatable bonds is 4. The Hall–Kier alpha value is -2.36. The average molecular weight is 287 g/mol. The highest BCUT2D eigenvalue weighted by molar-refractivity contribution is 5.95. The molecule has 3 nitrogen and oxygen atoms in total. The number of carbonyl (C=O) groups is 1. The second-order valence-corrected chi connectivity index (χ2v) is 4.96. The van der Waals surface area contributed by atoms with Gasteiger partial charge in [0, 0.05) is 11.7 Å². The molecule has 1 N–H and O–H groups in total. The zero-order valence-corrected chi connectivity index (χ0v) is 12.3. The predicted octanol–water partition coefficient (Wildman–Crippen LogP) is 4.09. The quantitative estimate of drug-likeness (QED) is 0.861. The van der Waals surface area contributed by atoms with E-state index in [1.54, 1.807) is 18.2 Å². The van der Waals surface area contributed by atoms with Gasteiger partial charge in [-0.05, 0) is 43.7 Å². The van der Waals surface area contributed by atoms with Gasteiger partial charge in [0.15, 0.2) is 0 Å². The van der Waals surface area contributed by atoms with Gasteiger partial charge in [0.05, 0.1) is 12.7 Å². The van der Waals surface area contributed by atoms with Crippen molar-refractivity contribution in [2.75, 3.05) is 12.4 Å². The number of hydrogen-bond donors (Lipinski definition) is 1. The Morgan fingerprint density at radius 1 is 1.19 bits per heavy atom. The summed E-state index contributed by atoms with van der Waals surface area (Å²) in [5.74, 6) is -0.649. The Kier molecular flexibility index (Phi) is 4.58. The Balaban J connectivity index is 2.26. The Morgan fingerprint density at radius 3 is 2.48 bits per heavy atom. The molecule has 2 aromatic carbocycles. The van der Waals surface area contributed by atoms with Crippen LogP contribution in [0.2, 0.25) is 0 Å². The van der Waals surface area contributed by atoms with Gasteiger partial charge >= 0.3 is 5.97 Å². The summed E-state index contributed by atoms with van der Waals surface area (Å²) in [6.07, 6.45) is 0. The number of benzene rings is 2. The van der Waals surface area contributed by atoms with Crippen LogP contribution < -0.4 is 5.32 Å². The number of nitrogens with one attached hydrogen (secondary N) is 1. The smallest absolute Gasteiger partial charge is 0.339 e. The lowest BCUT2D eigenvalue weighted by Crippen LogP contribution is -2.12. The summed E-state index contributed by atoms with van der Waals surface area (Å²) in [7, 11) is 1.36. The first-order chi connectivity index (χ1) is 10.0. The molecule has 0 spiro atoms. The molecule has 1 unspecified atom stereocenters. The molecule has 0 aliphatic carbocycles. The SMILES string of the molecule is COC(=O)c1cc(C)ccc1NC(C)c1ccc(F)cc1. The fraction of sp³-hybridized carbons (Fsp3) is 0.235. The summed E-state index contributed by atoms with van der Waals surface area (Å²) in [4.78, 5) is 11.8. The highest BCUT2D eigenvalue weighted by Gasteiger charge is 2.14. The fourth-order valence-electron chi connectivity index (χ4n) is 2.13. The second kappa shape index (κ2) is 6.39. The largest absolute Gasteiger partial charge is 0.465 e. The van der Waals surface area contributed by atoms with E-state index in [-0.39, 0.29) is 17.8 Å². The van der Waals surface area contributed by atoms with Gasteiger partial charge in [0.1, 0.15) is 5.82 Å². The summed E-state index contributed by atoms with van der Waals surface area (Å²) in [5, 5.41) is 3.27. The maximum atomic E-state index is 13.0. The molecule has 110 valence electrons. The zero-order valence-electron chi connectivity index (χ0n) is 12.3. The topological polar surface area (TPSA) is 38.3 Å². The van der Waals surface area contributed by atoms with Gasteiger partial charge < -0.3 is 10.1 Å². The number of carbonyl (C=O) groups excluding carboxylic acids is 1. The molecule has 0 aliphatic rings. The minimum atomic E-state index is -0.382. The van der Waals surface area contributed by atoms with Crippen LogP contribution in [-0.2, 0) is 4.74 Å². The van der Waals surface area contributed by atoms with Crippen molar-refractivity contribution in [1.82, 2.24) is 0 Å². The number of aryl methyl sites for hydroxylation is 1. The minimum Gasteiger partial charge on any atom is -0.465 e. The molecule has 0 aromatic heterocycles. The lowest BCUT2D eigenvalue weighted by atomic mass is 10.1. The number of esters is 1. The average Bonchev–Trinajstić information content (AvgIpc) is 2.48. The van der Waals surface area contributed by atoms with E-state index in [0.29, 0.717) is 11.3 Å². The summed E-state index contributed by atoms with van der Waals surface area (Å²) in [5.41, 5.74) is 3.11. The maximum Gasteiger partial charge on any atom is 0.339 e. The summed E-state index contributed by atoms with van der Waals surface area (Å²) in [6, 6.07) is 11.8. The molecule has 0 heterocycles. The molecule has 2 rings (SSSR count). The van der Waals surface area contributed by atoms with Crippen molar-refractivity contribution in [2.45, 2.75) is 19.9 Å². The minimum absolute atomic E-state index is 0.0586. The zero-order chi connectivity index (χ0) is 15.4. The first kappa shape index (κ1) is 15.0. The normalized spacial score (nSPS) is 11.8. The summed E-state index contributed by atoms with van der Waals surface area (Å²) in [6.45, 7) is 3.87. The number of hydrogen-bond acceptors (Lipinski definition) is 3. The van der Waals surface area contributed by atoms with E-state index >= 15 is 0 Å². The highest BCUT2D eigenvalue weighted by atomic mass is 19.1. The van der Waals surface area contributed by atoms with Crippen molar-refractivity contribution < 1.29 is 13.9 Å². The van der Waals surface area contributed by atoms with Crippen molar-refractivity contribution in [3.05, 3.63) is 65.0 Å². The van der Waals surface area contributed by atoms with Gasteiger partial charge in [0.25, 0.3) is 0 Å². The third-order valence-electron chi connectivity index (χ3n) is 3.32. The summed E-state index contributed by atoms with van der Waals surface area (Å²) >= 11 is 0. The van der Waals surface area contributed by atoms with Gasteiger partial charge in [-0.15, -0.1) is 0 Å². The van der Waals surface area contributed by atoms with Crippen LogP contribution >= 0.6 is 0 Å². The van der Waals surface area contributed by atoms with E-state index in [1.807, 2.05) is 26.0 Å².